The van der Waals surface area contributed by atoms with E-state index in [1.54, 1.807) is 31.6 Å². The molecule has 7 nitrogen and oxygen atoms in total. The molecule has 0 saturated carbocycles. The van der Waals surface area contributed by atoms with Crippen LogP contribution >= 0.6 is 0 Å². The molecule has 0 aromatic carbocycles. The first-order valence-corrected chi connectivity index (χ1v) is 7.54. The van der Waals surface area contributed by atoms with E-state index in [2.05, 4.69) is 15.4 Å². The van der Waals surface area contributed by atoms with Crippen LogP contribution in [-0.4, -0.2) is 52.6 Å². The van der Waals surface area contributed by atoms with Crippen molar-refractivity contribution in [2.45, 2.75) is 25.7 Å². The Morgan fingerprint density at radius 2 is 2.05 bits per heavy atom. The minimum absolute atomic E-state index is 0.148. The van der Waals surface area contributed by atoms with Gasteiger partial charge in [-0.3, -0.25) is 9.59 Å². The largest absolute Gasteiger partial charge is 0.345 e. The first-order chi connectivity index (χ1) is 10.5. The molecule has 1 saturated heterocycles. The highest BCUT2D eigenvalue weighted by Crippen LogP contribution is 2.26. The molecule has 1 aliphatic rings. The van der Waals surface area contributed by atoms with Crippen LogP contribution in [0.3, 0.4) is 0 Å². The summed E-state index contributed by atoms with van der Waals surface area (Å²) in [4.78, 5) is 28.7. The summed E-state index contributed by atoms with van der Waals surface area (Å²) >= 11 is 0. The molecule has 0 spiro atoms. The van der Waals surface area contributed by atoms with Gasteiger partial charge < -0.3 is 15.2 Å². The van der Waals surface area contributed by atoms with Crippen molar-refractivity contribution in [1.82, 2.24) is 24.8 Å². The molecule has 0 bridgehead atoms. The molecule has 7 heteroatoms. The van der Waals surface area contributed by atoms with E-state index in [1.807, 2.05) is 0 Å². The number of carbonyl (C=O) groups is 1. The first-order valence-electron chi connectivity index (χ1n) is 7.54. The number of carbonyl (C=O) groups excluding carboxylic acids is 1. The Balaban J connectivity index is 2.21. The molecule has 118 valence electrons. The quantitative estimate of drug-likeness (QED) is 0.846. The Morgan fingerprint density at radius 1 is 1.36 bits per heavy atom. The molecule has 22 heavy (non-hydrogen) atoms. The monoisotopic (exact) mass is 303 g/mol. The standard InChI is InChI=1S/C15H21N5O2/c1-9-13(15(22)19(2)3)14-17-12(21)8-11(20(14)18-9)10-4-6-16-7-5-10/h8,10,16H,4-7H2,1-3H3,(H,17,21). The van der Waals surface area contributed by atoms with Gasteiger partial charge in [-0.25, -0.2) is 4.52 Å². The van der Waals surface area contributed by atoms with Crippen LogP contribution < -0.4 is 10.9 Å². The number of amides is 1. The topological polar surface area (TPSA) is 82.5 Å². The first kappa shape index (κ1) is 14.8. The van der Waals surface area contributed by atoms with Gasteiger partial charge in [0.05, 0.1) is 11.4 Å². The van der Waals surface area contributed by atoms with Crippen LogP contribution in [0, 0.1) is 6.92 Å². The van der Waals surface area contributed by atoms with Gasteiger partial charge in [0.25, 0.3) is 11.5 Å². The van der Waals surface area contributed by atoms with Crippen molar-refractivity contribution in [2.24, 2.45) is 0 Å². The fourth-order valence-electron chi connectivity index (χ4n) is 3.07. The van der Waals surface area contributed by atoms with Gasteiger partial charge >= 0.3 is 0 Å². The average molecular weight is 303 g/mol. The molecule has 3 rings (SSSR count). The van der Waals surface area contributed by atoms with E-state index >= 15 is 0 Å². The number of aryl methyl sites for hydroxylation is 1. The number of fused-ring (bicyclic) bond motifs is 1. The second-order valence-corrected chi connectivity index (χ2v) is 6.00. The number of piperidine rings is 1. The zero-order chi connectivity index (χ0) is 15.9. The molecule has 0 atom stereocenters. The Kier molecular flexibility index (Phi) is 3.74. The maximum absolute atomic E-state index is 12.4. The summed E-state index contributed by atoms with van der Waals surface area (Å²) in [7, 11) is 3.39. The lowest BCUT2D eigenvalue weighted by molar-refractivity contribution is 0.0828. The van der Waals surface area contributed by atoms with Gasteiger partial charge in [-0.1, -0.05) is 0 Å². The highest BCUT2D eigenvalue weighted by atomic mass is 16.2. The molecule has 2 aromatic heterocycles. The molecule has 0 aliphatic carbocycles. The predicted molar refractivity (Wildman–Crippen MR) is 83.4 cm³/mol. The summed E-state index contributed by atoms with van der Waals surface area (Å²) in [5.74, 6) is 0.137. The van der Waals surface area contributed by atoms with E-state index in [0.717, 1.165) is 31.6 Å². The summed E-state index contributed by atoms with van der Waals surface area (Å²) in [6, 6.07) is 1.61. The summed E-state index contributed by atoms with van der Waals surface area (Å²) in [5.41, 5.74) is 2.31. The van der Waals surface area contributed by atoms with E-state index in [0.29, 0.717) is 16.9 Å². The number of aromatic nitrogens is 3. The highest BCUT2D eigenvalue weighted by Gasteiger charge is 2.24. The van der Waals surface area contributed by atoms with E-state index < -0.39 is 0 Å². The lowest BCUT2D eigenvalue weighted by Gasteiger charge is -2.23. The predicted octanol–water partition coefficient (Wildman–Crippen LogP) is 0.500. The maximum atomic E-state index is 12.4. The number of hydrogen-bond acceptors (Lipinski definition) is 4. The van der Waals surface area contributed by atoms with Crippen molar-refractivity contribution in [3.63, 3.8) is 0 Å². The molecule has 1 aliphatic heterocycles. The van der Waals surface area contributed by atoms with Crippen molar-refractivity contribution in [1.29, 1.82) is 0 Å². The third-order valence-corrected chi connectivity index (χ3v) is 4.20. The normalized spacial score (nSPS) is 16.1. The third kappa shape index (κ3) is 2.41. The number of nitrogens with zero attached hydrogens (tertiary/aromatic N) is 3. The zero-order valence-corrected chi connectivity index (χ0v) is 13.1. The van der Waals surface area contributed by atoms with Crippen LogP contribution in [0.5, 0.6) is 0 Å². The smallest absolute Gasteiger partial charge is 0.259 e. The molecular formula is C15H21N5O2. The van der Waals surface area contributed by atoms with Crippen LogP contribution in [-0.2, 0) is 0 Å². The zero-order valence-electron chi connectivity index (χ0n) is 13.1. The highest BCUT2D eigenvalue weighted by molar-refractivity contribution is 6.00. The molecule has 2 aromatic rings. The van der Waals surface area contributed by atoms with Crippen LogP contribution in [0.25, 0.3) is 5.65 Å². The van der Waals surface area contributed by atoms with Gasteiger partial charge in [-0.15, -0.1) is 0 Å². The Morgan fingerprint density at radius 3 is 2.68 bits per heavy atom. The van der Waals surface area contributed by atoms with E-state index in [-0.39, 0.29) is 17.4 Å². The molecule has 0 unspecified atom stereocenters. The van der Waals surface area contributed by atoms with Crippen LogP contribution in [0.2, 0.25) is 0 Å². The third-order valence-electron chi connectivity index (χ3n) is 4.20. The molecule has 2 N–H and O–H groups in total. The van der Waals surface area contributed by atoms with Crippen molar-refractivity contribution in [3.05, 3.63) is 33.4 Å². The van der Waals surface area contributed by atoms with Crippen LogP contribution in [0.1, 0.15) is 40.5 Å². The number of nitrogens with one attached hydrogen (secondary N) is 2. The second-order valence-electron chi connectivity index (χ2n) is 6.00. The van der Waals surface area contributed by atoms with E-state index in [1.165, 1.54) is 4.90 Å². The second kappa shape index (κ2) is 5.57. The summed E-state index contributed by atoms with van der Waals surface area (Å²) < 4.78 is 1.74. The number of rotatable bonds is 2. The van der Waals surface area contributed by atoms with Gasteiger partial charge in [-0.05, 0) is 32.9 Å². The van der Waals surface area contributed by atoms with Crippen LogP contribution in [0.4, 0.5) is 0 Å². The Hall–Kier alpha value is -2.15. The minimum atomic E-state index is -0.186. The van der Waals surface area contributed by atoms with Gasteiger partial charge in [0.2, 0.25) is 0 Å². The van der Waals surface area contributed by atoms with Gasteiger partial charge in [0.15, 0.2) is 0 Å². The maximum Gasteiger partial charge on any atom is 0.259 e. The van der Waals surface area contributed by atoms with E-state index in [9.17, 15) is 9.59 Å². The van der Waals surface area contributed by atoms with Crippen LogP contribution in [0.15, 0.2) is 10.9 Å². The number of hydrogen-bond donors (Lipinski definition) is 2. The van der Waals surface area contributed by atoms with Crippen molar-refractivity contribution < 1.29 is 4.79 Å². The molecule has 1 amide bonds. The van der Waals surface area contributed by atoms with Crippen molar-refractivity contribution in [2.75, 3.05) is 27.2 Å². The van der Waals surface area contributed by atoms with E-state index in [4.69, 9.17) is 0 Å². The summed E-state index contributed by atoms with van der Waals surface area (Å²) in [6.45, 7) is 3.67. The lowest BCUT2D eigenvalue weighted by Crippen LogP contribution is -2.29. The molecule has 0 radical (unpaired) electrons. The summed E-state index contributed by atoms with van der Waals surface area (Å²) in [6.07, 6.45) is 1.93. The molecule has 3 heterocycles. The lowest BCUT2D eigenvalue weighted by atomic mass is 9.94. The SMILES string of the molecule is Cc1nn2c(C3CCNCC3)cc(=O)[nH]c2c1C(=O)N(C)C. The molecule has 1 fully saturated rings. The fraction of sp³-hybridized carbons (Fsp3) is 0.533. The Labute approximate surface area is 128 Å². The van der Waals surface area contributed by atoms with Gasteiger partial charge in [0, 0.05) is 26.1 Å². The van der Waals surface area contributed by atoms with Crippen molar-refractivity contribution in [3.8, 4) is 0 Å². The number of aromatic amines is 1. The Bertz CT molecular complexity index is 768. The van der Waals surface area contributed by atoms with Gasteiger partial charge in [0.1, 0.15) is 11.2 Å². The summed E-state index contributed by atoms with van der Waals surface area (Å²) in [5, 5.41) is 7.83. The number of H-pyrrole nitrogens is 1. The fourth-order valence-corrected chi connectivity index (χ4v) is 3.07. The average Bonchev–Trinajstić information content (AvgIpc) is 2.82. The molecular weight excluding hydrogens is 282 g/mol. The van der Waals surface area contributed by atoms with Crippen molar-refractivity contribution >= 4 is 11.6 Å². The minimum Gasteiger partial charge on any atom is -0.345 e. The van der Waals surface area contributed by atoms with Gasteiger partial charge in [-0.2, -0.15) is 5.10 Å².